The van der Waals surface area contributed by atoms with E-state index in [0.29, 0.717) is 0 Å². The maximum atomic E-state index is 4.21. The maximum Gasteiger partial charge on any atom is 0.0393 e. The van der Waals surface area contributed by atoms with Crippen molar-refractivity contribution in [1.29, 1.82) is 0 Å². The Morgan fingerprint density at radius 2 is 2.00 bits per heavy atom. The predicted octanol–water partition coefficient (Wildman–Crippen LogP) is 2.75. The molecule has 1 aromatic carbocycles. The number of thiol groups is 1. The van der Waals surface area contributed by atoms with Gasteiger partial charge in [0.25, 0.3) is 0 Å². The number of anilines is 1. The molecule has 0 fully saturated rings. The van der Waals surface area contributed by atoms with Crippen LogP contribution in [0.5, 0.6) is 0 Å². The lowest BCUT2D eigenvalue weighted by Gasteiger charge is -2.20. The SMILES string of the molecule is Cc1ccccc1N(C)CCCS. The summed E-state index contributed by atoms with van der Waals surface area (Å²) in [6.07, 6.45) is 1.13. The lowest BCUT2D eigenvalue weighted by atomic mass is 10.2. The topological polar surface area (TPSA) is 3.24 Å². The molecule has 0 saturated carbocycles. The minimum Gasteiger partial charge on any atom is -0.374 e. The highest BCUT2D eigenvalue weighted by atomic mass is 32.1. The fourth-order valence-corrected chi connectivity index (χ4v) is 1.56. The van der Waals surface area contributed by atoms with Gasteiger partial charge in [0.1, 0.15) is 0 Å². The maximum absolute atomic E-state index is 4.21. The highest BCUT2D eigenvalue weighted by Gasteiger charge is 2.01. The Kier molecular flexibility index (Phi) is 4.16. The van der Waals surface area contributed by atoms with Gasteiger partial charge in [0.2, 0.25) is 0 Å². The van der Waals surface area contributed by atoms with Gasteiger partial charge < -0.3 is 4.90 Å². The average molecular weight is 195 g/mol. The molecule has 1 nitrogen and oxygen atoms in total. The van der Waals surface area contributed by atoms with Crippen LogP contribution in [-0.4, -0.2) is 19.3 Å². The molecule has 1 aromatic rings. The Labute approximate surface area is 86.2 Å². The van der Waals surface area contributed by atoms with E-state index < -0.39 is 0 Å². The third-order valence-electron chi connectivity index (χ3n) is 2.18. The fraction of sp³-hybridized carbons (Fsp3) is 0.455. The van der Waals surface area contributed by atoms with Gasteiger partial charge in [0.15, 0.2) is 0 Å². The summed E-state index contributed by atoms with van der Waals surface area (Å²) in [7, 11) is 2.13. The number of rotatable bonds is 4. The summed E-state index contributed by atoms with van der Waals surface area (Å²) in [6, 6.07) is 8.46. The van der Waals surface area contributed by atoms with Gasteiger partial charge in [0, 0.05) is 19.3 Å². The molecule has 0 N–H and O–H groups in total. The van der Waals surface area contributed by atoms with Gasteiger partial charge in [-0.1, -0.05) is 18.2 Å². The number of hydrogen-bond acceptors (Lipinski definition) is 2. The van der Waals surface area contributed by atoms with Crippen LogP contribution in [0.25, 0.3) is 0 Å². The van der Waals surface area contributed by atoms with Crippen LogP contribution in [0.3, 0.4) is 0 Å². The van der Waals surface area contributed by atoms with Gasteiger partial charge in [-0.25, -0.2) is 0 Å². The molecule has 13 heavy (non-hydrogen) atoms. The minimum absolute atomic E-state index is 0.955. The van der Waals surface area contributed by atoms with Crippen molar-refractivity contribution in [3.05, 3.63) is 29.8 Å². The van der Waals surface area contributed by atoms with Crippen molar-refractivity contribution in [1.82, 2.24) is 0 Å². The van der Waals surface area contributed by atoms with Gasteiger partial charge in [-0.2, -0.15) is 12.6 Å². The van der Waals surface area contributed by atoms with Crippen molar-refractivity contribution in [2.45, 2.75) is 13.3 Å². The summed E-state index contributed by atoms with van der Waals surface area (Å²) >= 11 is 4.21. The number of nitrogens with zero attached hydrogens (tertiary/aromatic N) is 1. The van der Waals surface area contributed by atoms with E-state index in [1.54, 1.807) is 0 Å². The largest absolute Gasteiger partial charge is 0.374 e. The summed E-state index contributed by atoms with van der Waals surface area (Å²) in [4.78, 5) is 2.28. The Hall–Kier alpha value is -0.630. The van der Waals surface area contributed by atoms with E-state index in [1.807, 2.05) is 0 Å². The van der Waals surface area contributed by atoms with E-state index >= 15 is 0 Å². The second-order valence-corrected chi connectivity index (χ2v) is 3.73. The monoisotopic (exact) mass is 195 g/mol. The zero-order chi connectivity index (χ0) is 9.68. The molecular formula is C11H17NS. The van der Waals surface area contributed by atoms with E-state index in [-0.39, 0.29) is 0 Å². The molecule has 1 rings (SSSR count). The van der Waals surface area contributed by atoms with Crippen LogP contribution in [0.2, 0.25) is 0 Å². The first-order valence-corrected chi connectivity index (χ1v) is 5.26. The normalized spacial score (nSPS) is 10.1. The molecule has 0 spiro atoms. The van der Waals surface area contributed by atoms with E-state index in [0.717, 1.165) is 18.7 Å². The first-order chi connectivity index (χ1) is 6.25. The molecule has 0 aliphatic rings. The second-order valence-electron chi connectivity index (χ2n) is 3.29. The van der Waals surface area contributed by atoms with Crippen LogP contribution in [0.4, 0.5) is 5.69 Å². The molecule has 0 radical (unpaired) electrons. The van der Waals surface area contributed by atoms with Gasteiger partial charge >= 0.3 is 0 Å². The summed E-state index contributed by atoms with van der Waals surface area (Å²) < 4.78 is 0. The molecule has 0 atom stereocenters. The molecule has 0 aliphatic carbocycles. The first-order valence-electron chi connectivity index (χ1n) is 4.63. The number of hydrogen-bond donors (Lipinski definition) is 1. The summed E-state index contributed by atoms with van der Waals surface area (Å²) in [5.74, 6) is 0.955. The molecule has 2 heteroatoms. The van der Waals surface area contributed by atoms with Crippen molar-refractivity contribution < 1.29 is 0 Å². The molecule has 0 unspecified atom stereocenters. The van der Waals surface area contributed by atoms with Crippen molar-refractivity contribution in [3.63, 3.8) is 0 Å². The molecule has 72 valence electrons. The zero-order valence-corrected chi connectivity index (χ0v) is 9.22. The van der Waals surface area contributed by atoms with Crippen LogP contribution in [0, 0.1) is 6.92 Å². The standard InChI is InChI=1S/C11H17NS/c1-10-6-3-4-7-11(10)12(2)8-5-9-13/h3-4,6-7,13H,5,8-9H2,1-2H3. The molecule has 0 bridgehead atoms. The van der Waals surface area contributed by atoms with Gasteiger partial charge in [-0.3, -0.25) is 0 Å². The minimum atomic E-state index is 0.955. The van der Waals surface area contributed by atoms with Crippen LogP contribution in [-0.2, 0) is 0 Å². The van der Waals surface area contributed by atoms with Crippen molar-refractivity contribution >= 4 is 18.3 Å². The zero-order valence-electron chi connectivity index (χ0n) is 8.33. The average Bonchev–Trinajstić information content (AvgIpc) is 2.15. The predicted molar refractivity (Wildman–Crippen MR) is 62.9 cm³/mol. The molecule has 0 aromatic heterocycles. The van der Waals surface area contributed by atoms with Crippen LogP contribution in [0.15, 0.2) is 24.3 Å². The van der Waals surface area contributed by atoms with Gasteiger partial charge in [-0.15, -0.1) is 0 Å². The Bertz CT molecular complexity index is 260. The van der Waals surface area contributed by atoms with E-state index in [4.69, 9.17) is 0 Å². The highest BCUT2D eigenvalue weighted by molar-refractivity contribution is 7.80. The number of para-hydroxylation sites is 1. The fourth-order valence-electron chi connectivity index (χ4n) is 1.42. The lowest BCUT2D eigenvalue weighted by Crippen LogP contribution is -2.19. The molecule has 0 amide bonds. The summed E-state index contributed by atoms with van der Waals surface area (Å²) in [5, 5.41) is 0. The van der Waals surface area contributed by atoms with E-state index in [9.17, 15) is 0 Å². The van der Waals surface area contributed by atoms with Crippen LogP contribution < -0.4 is 4.90 Å². The Morgan fingerprint density at radius 3 is 2.62 bits per heavy atom. The van der Waals surface area contributed by atoms with E-state index in [1.165, 1.54) is 11.3 Å². The number of benzene rings is 1. The van der Waals surface area contributed by atoms with Crippen molar-refractivity contribution in [3.8, 4) is 0 Å². The molecule has 0 saturated heterocycles. The lowest BCUT2D eigenvalue weighted by molar-refractivity contribution is 0.858. The van der Waals surface area contributed by atoms with Crippen molar-refractivity contribution in [2.75, 3.05) is 24.2 Å². The third kappa shape index (κ3) is 2.96. The Balaban J connectivity index is 2.65. The van der Waals surface area contributed by atoms with Crippen LogP contribution in [0.1, 0.15) is 12.0 Å². The van der Waals surface area contributed by atoms with Crippen LogP contribution >= 0.6 is 12.6 Å². The second kappa shape index (κ2) is 5.18. The van der Waals surface area contributed by atoms with Crippen molar-refractivity contribution in [2.24, 2.45) is 0 Å². The van der Waals surface area contributed by atoms with E-state index in [2.05, 4.69) is 55.8 Å². The van der Waals surface area contributed by atoms with Gasteiger partial charge in [0.05, 0.1) is 0 Å². The molecule has 0 heterocycles. The summed E-state index contributed by atoms with van der Waals surface area (Å²) in [6.45, 7) is 3.22. The number of aryl methyl sites for hydroxylation is 1. The highest BCUT2D eigenvalue weighted by Crippen LogP contribution is 2.17. The molecular weight excluding hydrogens is 178 g/mol. The summed E-state index contributed by atoms with van der Waals surface area (Å²) in [5.41, 5.74) is 2.66. The third-order valence-corrected chi connectivity index (χ3v) is 2.49. The molecule has 0 aliphatic heterocycles. The smallest absolute Gasteiger partial charge is 0.0393 e. The van der Waals surface area contributed by atoms with Gasteiger partial charge in [-0.05, 0) is 30.7 Å². The Morgan fingerprint density at radius 1 is 1.31 bits per heavy atom. The quantitative estimate of drug-likeness (QED) is 0.723. The first kappa shape index (κ1) is 10.5.